The minimum atomic E-state index is 0.653. The third-order valence-corrected chi connectivity index (χ3v) is 4.49. The predicted molar refractivity (Wildman–Crippen MR) is 71.3 cm³/mol. The fraction of sp³-hybridized carbons (Fsp3) is 1.00. The lowest BCUT2D eigenvalue weighted by molar-refractivity contribution is 0.112. The first-order valence-electron chi connectivity index (χ1n) is 7.24. The monoisotopic (exact) mass is 240 g/mol. The maximum absolute atomic E-state index is 5.53. The first-order chi connectivity index (χ1) is 8.16. The molecule has 0 aromatic heterocycles. The van der Waals surface area contributed by atoms with Crippen LogP contribution in [0.5, 0.6) is 0 Å². The minimum Gasteiger partial charge on any atom is -0.381 e. The van der Waals surface area contributed by atoms with E-state index in [1.54, 1.807) is 0 Å². The molecule has 0 radical (unpaired) electrons. The highest BCUT2D eigenvalue weighted by Gasteiger charge is 2.28. The van der Waals surface area contributed by atoms with Crippen LogP contribution in [-0.2, 0) is 4.74 Å². The van der Waals surface area contributed by atoms with Crippen LogP contribution in [0, 0.1) is 5.92 Å². The van der Waals surface area contributed by atoms with E-state index in [1.165, 1.54) is 32.4 Å². The molecule has 0 aromatic rings. The number of rotatable bonds is 2. The van der Waals surface area contributed by atoms with E-state index in [-0.39, 0.29) is 0 Å². The van der Waals surface area contributed by atoms with Gasteiger partial charge in [-0.25, -0.2) is 0 Å². The lowest BCUT2D eigenvalue weighted by Gasteiger charge is -2.36. The summed E-state index contributed by atoms with van der Waals surface area (Å²) in [7, 11) is 0. The van der Waals surface area contributed by atoms with Crippen molar-refractivity contribution >= 4 is 0 Å². The van der Waals surface area contributed by atoms with E-state index >= 15 is 0 Å². The van der Waals surface area contributed by atoms with Crippen molar-refractivity contribution in [1.82, 2.24) is 10.2 Å². The van der Waals surface area contributed by atoms with Crippen LogP contribution in [0.15, 0.2) is 0 Å². The molecule has 4 unspecified atom stereocenters. The van der Waals surface area contributed by atoms with Gasteiger partial charge in [0.1, 0.15) is 0 Å². The third kappa shape index (κ3) is 3.67. The van der Waals surface area contributed by atoms with Gasteiger partial charge >= 0.3 is 0 Å². The van der Waals surface area contributed by atoms with Gasteiger partial charge in [-0.2, -0.15) is 0 Å². The van der Waals surface area contributed by atoms with Gasteiger partial charge in [-0.05, 0) is 59.0 Å². The van der Waals surface area contributed by atoms with Crippen molar-refractivity contribution in [2.75, 3.05) is 26.3 Å². The summed E-state index contributed by atoms with van der Waals surface area (Å²) in [5.41, 5.74) is 0. The summed E-state index contributed by atoms with van der Waals surface area (Å²) >= 11 is 0. The minimum absolute atomic E-state index is 0.653. The number of hydrogen-bond donors (Lipinski definition) is 1. The van der Waals surface area contributed by atoms with E-state index in [1.807, 2.05) is 0 Å². The highest BCUT2D eigenvalue weighted by atomic mass is 16.5. The molecule has 1 N–H and O–H groups in total. The van der Waals surface area contributed by atoms with Gasteiger partial charge in [0.2, 0.25) is 0 Å². The lowest BCUT2D eigenvalue weighted by Crippen LogP contribution is -2.47. The second-order valence-electron chi connectivity index (χ2n) is 5.95. The third-order valence-electron chi connectivity index (χ3n) is 4.49. The van der Waals surface area contributed by atoms with Crippen molar-refractivity contribution in [3.05, 3.63) is 0 Å². The first kappa shape index (κ1) is 13.3. The largest absolute Gasteiger partial charge is 0.381 e. The van der Waals surface area contributed by atoms with Crippen LogP contribution in [0.25, 0.3) is 0 Å². The summed E-state index contributed by atoms with van der Waals surface area (Å²) < 4.78 is 5.53. The smallest absolute Gasteiger partial charge is 0.0509 e. The zero-order valence-corrected chi connectivity index (χ0v) is 11.6. The highest BCUT2D eigenvalue weighted by molar-refractivity contribution is 4.82. The van der Waals surface area contributed by atoms with E-state index in [4.69, 9.17) is 4.74 Å². The summed E-state index contributed by atoms with van der Waals surface area (Å²) in [6, 6.07) is 2.00. The highest BCUT2D eigenvalue weighted by Crippen LogP contribution is 2.22. The van der Waals surface area contributed by atoms with Gasteiger partial charge in [-0.3, -0.25) is 0 Å². The number of nitrogens with one attached hydrogen (secondary N) is 1. The van der Waals surface area contributed by atoms with Crippen LogP contribution in [0.3, 0.4) is 0 Å². The van der Waals surface area contributed by atoms with Crippen LogP contribution in [-0.4, -0.2) is 49.3 Å². The Balaban J connectivity index is 1.89. The Kier molecular flexibility index (Phi) is 4.83. The molecular formula is C14H28N2O. The molecule has 2 saturated heterocycles. The SMILES string of the molecule is CC1CCN(C(C)C2CCOC2)CCC(C)N1. The van der Waals surface area contributed by atoms with E-state index in [0.29, 0.717) is 18.1 Å². The lowest BCUT2D eigenvalue weighted by atomic mass is 9.97. The average Bonchev–Trinajstić information content (AvgIpc) is 2.79. The fourth-order valence-electron chi connectivity index (χ4n) is 3.12. The topological polar surface area (TPSA) is 24.5 Å². The fourth-order valence-corrected chi connectivity index (χ4v) is 3.12. The predicted octanol–water partition coefficient (Wildman–Crippen LogP) is 1.87. The van der Waals surface area contributed by atoms with Crippen molar-refractivity contribution in [3.63, 3.8) is 0 Å². The molecule has 0 aromatic carbocycles. The Labute approximate surface area is 106 Å². The van der Waals surface area contributed by atoms with E-state index < -0.39 is 0 Å². The van der Waals surface area contributed by atoms with E-state index in [0.717, 1.165) is 19.1 Å². The molecule has 0 saturated carbocycles. The number of nitrogens with zero attached hydrogens (tertiary/aromatic N) is 1. The maximum atomic E-state index is 5.53. The summed E-state index contributed by atoms with van der Waals surface area (Å²) in [4.78, 5) is 2.69. The molecule has 100 valence electrons. The Morgan fingerprint density at radius 3 is 2.29 bits per heavy atom. The average molecular weight is 240 g/mol. The zero-order valence-electron chi connectivity index (χ0n) is 11.6. The molecule has 0 spiro atoms. The zero-order chi connectivity index (χ0) is 12.3. The molecule has 3 nitrogen and oxygen atoms in total. The number of ether oxygens (including phenoxy) is 1. The van der Waals surface area contributed by atoms with Gasteiger partial charge in [0.25, 0.3) is 0 Å². The molecular weight excluding hydrogens is 212 g/mol. The van der Waals surface area contributed by atoms with Crippen LogP contribution in [0.4, 0.5) is 0 Å². The van der Waals surface area contributed by atoms with Crippen LogP contribution in [0.2, 0.25) is 0 Å². The van der Waals surface area contributed by atoms with Gasteiger partial charge in [0, 0.05) is 24.7 Å². The van der Waals surface area contributed by atoms with Crippen molar-refractivity contribution in [3.8, 4) is 0 Å². The van der Waals surface area contributed by atoms with E-state index in [2.05, 4.69) is 31.0 Å². The molecule has 0 amide bonds. The molecule has 0 aliphatic carbocycles. The van der Waals surface area contributed by atoms with Crippen molar-refractivity contribution in [2.24, 2.45) is 5.92 Å². The standard InChI is InChI=1S/C14H28N2O/c1-11-4-7-16(8-5-12(2)15-11)13(3)14-6-9-17-10-14/h11-15H,4-10H2,1-3H3. The van der Waals surface area contributed by atoms with Crippen LogP contribution in [0.1, 0.15) is 40.0 Å². The maximum Gasteiger partial charge on any atom is 0.0509 e. The Bertz CT molecular complexity index is 216. The molecule has 0 bridgehead atoms. The molecule has 2 aliphatic rings. The number of hydrogen-bond acceptors (Lipinski definition) is 3. The molecule has 2 heterocycles. The summed E-state index contributed by atoms with van der Waals surface area (Å²) in [6.45, 7) is 11.4. The second kappa shape index (κ2) is 6.17. The van der Waals surface area contributed by atoms with Gasteiger partial charge in [-0.1, -0.05) is 0 Å². The molecule has 2 rings (SSSR count). The summed E-state index contributed by atoms with van der Waals surface area (Å²) in [6.07, 6.45) is 3.78. The second-order valence-corrected chi connectivity index (χ2v) is 5.95. The van der Waals surface area contributed by atoms with Gasteiger partial charge in [0.05, 0.1) is 6.61 Å². The normalized spacial score (nSPS) is 38.6. The Morgan fingerprint density at radius 1 is 1.12 bits per heavy atom. The summed E-state index contributed by atoms with van der Waals surface area (Å²) in [5, 5.41) is 3.66. The molecule has 3 heteroatoms. The van der Waals surface area contributed by atoms with Crippen molar-refractivity contribution in [1.29, 1.82) is 0 Å². The van der Waals surface area contributed by atoms with Crippen molar-refractivity contribution in [2.45, 2.75) is 58.2 Å². The van der Waals surface area contributed by atoms with Crippen LogP contribution >= 0.6 is 0 Å². The first-order valence-corrected chi connectivity index (χ1v) is 7.24. The molecule has 2 fully saturated rings. The van der Waals surface area contributed by atoms with Crippen LogP contribution < -0.4 is 5.32 Å². The molecule has 4 atom stereocenters. The molecule has 2 aliphatic heterocycles. The molecule has 17 heavy (non-hydrogen) atoms. The van der Waals surface area contributed by atoms with Gasteiger partial charge in [0.15, 0.2) is 0 Å². The summed E-state index contributed by atoms with van der Waals surface area (Å²) in [5.74, 6) is 0.757. The Morgan fingerprint density at radius 2 is 1.76 bits per heavy atom. The van der Waals surface area contributed by atoms with Gasteiger partial charge in [-0.15, -0.1) is 0 Å². The van der Waals surface area contributed by atoms with Gasteiger partial charge < -0.3 is 15.0 Å². The Hall–Kier alpha value is -0.120. The quantitative estimate of drug-likeness (QED) is 0.797. The van der Waals surface area contributed by atoms with E-state index in [9.17, 15) is 0 Å². The van der Waals surface area contributed by atoms with Crippen molar-refractivity contribution < 1.29 is 4.74 Å².